The number of carbonyl (C=O) groups is 1. The minimum atomic E-state index is -0.130. The van der Waals surface area contributed by atoms with Gasteiger partial charge in [0.2, 0.25) is 0 Å². The monoisotopic (exact) mass is 308 g/mol. The summed E-state index contributed by atoms with van der Waals surface area (Å²) >= 11 is 5.74. The molecule has 2 aromatic heterocycles. The number of carbonyl (C=O) groups excluding carboxylic acids is 1. The molecule has 1 fully saturated rings. The fraction of sp³-hybridized carbons (Fsp3) is 0.429. The molecule has 6 nitrogen and oxygen atoms in total. The average molecular weight is 309 g/mol. The van der Waals surface area contributed by atoms with Crippen molar-refractivity contribution >= 4 is 17.5 Å². The van der Waals surface area contributed by atoms with Crippen molar-refractivity contribution in [2.24, 2.45) is 0 Å². The van der Waals surface area contributed by atoms with Crippen molar-refractivity contribution in [2.45, 2.75) is 13.0 Å². The number of H-pyrrole nitrogens is 1. The smallest absolute Gasteiger partial charge is 0.289 e. The van der Waals surface area contributed by atoms with Gasteiger partial charge in [-0.05, 0) is 30.3 Å². The van der Waals surface area contributed by atoms with Gasteiger partial charge in [0.15, 0.2) is 11.0 Å². The van der Waals surface area contributed by atoms with E-state index in [9.17, 15) is 4.79 Å². The zero-order chi connectivity index (χ0) is 14.8. The number of hydrogen-bond acceptors (Lipinski definition) is 4. The molecule has 1 amide bonds. The maximum atomic E-state index is 12.4. The van der Waals surface area contributed by atoms with Crippen molar-refractivity contribution in [1.82, 2.24) is 19.8 Å². The van der Waals surface area contributed by atoms with Crippen molar-refractivity contribution in [2.75, 3.05) is 26.2 Å². The molecular weight excluding hydrogens is 292 g/mol. The SMILES string of the molecule is CCN1CCN(C(=O)c2ccc(Cl)o2)C[C@@H]1c1ncc[nH]1. The number of piperazine rings is 1. The number of hydrogen-bond donors (Lipinski definition) is 1. The van der Waals surface area contributed by atoms with Crippen molar-refractivity contribution in [3.63, 3.8) is 0 Å². The maximum absolute atomic E-state index is 12.4. The number of rotatable bonds is 3. The average Bonchev–Trinajstić information content (AvgIpc) is 3.17. The molecule has 21 heavy (non-hydrogen) atoms. The van der Waals surface area contributed by atoms with Gasteiger partial charge in [-0.1, -0.05) is 6.92 Å². The minimum Gasteiger partial charge on any atom is -0.440 e. The van der Waals surface area contributed by atoms with E-state index >= 15 is 0 Å². The van der Waals surface area contributed by atoms with Crippen molar-refractivity contribution < 1.29 is 9.21 Å². The zero-order valence-electron chi connectivity index (χ0n) is 11.8. The molecule has 0 spiro atoms. The van der Waals surface area contributed by atoms with Crippen LogP contribution in [0.5, 0.6) is 0 Å². The van der Waals surface area contributed by atoms with Crippen molar-refractivity contribution in [3.8, 4) is 0 Å². The Bertz CT molecular complexity index is 610. The summed E-state index contributed by atoms with van der Waals surface area (Å²) in [5.74, 6) is 1.03. The highest BCUT2D eigenvalue weighted by Gasteiger charge is 2.32. The van der Waals surface area contributed by atoms with Crippen LogP contribution in [0.4, 0.5) is 0 Å². The van der Waals surface area contributed by atoms with Crippen molar-refractivity contribution in [3.05, 3.63) is 41.3 Å². The molecule has 7 heteroatoms. The molecule has 3 heterocycles. The fourth-order valence-corrected chi connectivity index (χ4v) is 2.83. The third-order valence-corrected chi connectivity index (χ3v) is 4.01. The number of likely N-dealkylation sites (N-methyl/N-ethyl adjacent to an activating group) is 1. The predicted molar refractivity (Wildman–Crippen MR) is 78.2 cm³/mol. The summed E-state index contributed by atoms with van der Waals surface area (Å²) in [7, 11) is 0. The van der Waals surface area contributed by atoms with E-state index in [1.54, 1.807) is 29.4 Å². The highest BCUT2D eigenvalue weighted by molar-refractivity contribution is 6.29. The third kappa shape index (κ3) is 2.82. The predicted octanol–water partition coefficient (Wildman–Crippen LogP) is 2.18. The van der Waals surface area contributed by atoms with Crippen LogP contribution < -0.4 is 0 Å². The molecule has 0 saturated carbocycles. The van der Waals surface area contributed by atoms with Gasteiger partial charge in [-0.15, -0.1) is 0 Å². The first kappa shape index (κ1) is 14.2. The number of aromatic nitrogens is 2. The number of nitrogens with zero attached hydrogens (tertiary/aromatic N) is 3. The van der Waals surface area contributed by atoms with Gasteiger partial charge < -0.3 is 14.3 Å². The molecule has 0 unspecified atom stereocenters. The lowest BCUT2D eigenvalue weighted by atomic mass is 10.1. The Kier molecular flexibility index (Phi) is 3.98. The van der Waals surface area contributed by atoms with Crippen LogP contribution >= 0.6 is 11.6 Å². The van der Waals surface area contributed by atoms with E-state index in [0.717, 1.165) is 18.9 Å². The van der Waals surface area contributed by atoms with E-state index in [1.807, 2.05) is 0 Å². The van der Waals surface area contributed by atoms with E-state index in [1.165, 1.54) is 0 Å². The normalized spacial score (nSPS) is 19.9. The van der Waals surface area contributed by atoms with Gasteiger partial charge in [-0.2, -0.15) is 0 Å². The molecule has 112 valence electrons. The summed E-state index contributed by atoms with van der Waals surface area (Å²) in [6.07, 6.45) is 3.53. The van der Waals surface area contributed by atoms with Crippen LogP contribution in [-0.4, -0.2) is 51.9 Å². The third-order valence-electron chi connectivity index (χ3n) is 3.80. The summed E-state index contributed by atoms with van der Waals surface area (Å²) in [6.45, 7) is 5.09. The summed E-state index contributed by atoms with van der Waals surface area (Å²) in [6, 6.07) is 3.27. The second-order valence-electron chi connectivity index (χ2n) is 4.97. The van der Waals surface area contributed by atoms with E-state index in [-0.39, 0.29) is 22.9 Å². The summed E-state index contributed by atoms with van der Waals surface area (Å²) < 4.78 is 5.21. The van der Waals surface area contributed by atoms with Crippen LogP contribution in [0.2, 0.25) is 5.22 Å². The van der Waals surface area contributed by atoms with Crippen LogP contribution in [0.25, 0.3) is 0 Å². The van der Waals surface area contributed by atoms with Crippen LogP contribution in [0.1, 0.15) is 29.3 Å². The molecule has 1 aliphatic rings. The number of furan rings is 1. The minimum absolute atomic E-state index is 0.0770. The molecule has 2 aromatic rings. The number of nitrogens with one attached hydrogen (secondary N) is 1. The van der Waals surface area contributed by atoms with Gasteiger partial charge in [-0.3, -0.25) is 9.69 Å². The Morgan fingerprint density at radius 3 is 3.00 bits per heavy atom. The molecule has 1 saturated heterocycles. The Balaban J connectivity index is 1.78. The van der Waals surface area contributed by atoms with Crippen molar-refractivity contribution in [1.29, 1.82) is 0 Å². The molecule has 0 radical (unpaired) electrons. The number of amides is 1. The number of aromatic amines is 1. The van der Waals surface area contributed by atoms with Gasteiger partial charge in [0.05, 0.1) is 6.04 Å². The van der Waals surface area contributed by atoms with Crippen LogP contribution in [0.3, 0.4) is 0 Å². The Labute approximate surface area is 127 Å². The molecule has 3 rings (SSSR count). The van der Waals surface area contributed by atoms with Crippen LogP contribution in [0, 0.1) is 0 Å². The molecule has 0 bridgehead atoms. The quantitative estimate of drug-likeness (QED) is 0.944. The summed E-state index contributed by atoms with van der Waals surface area (Å²) in [5.41, 5.74) is 0. The first-order valence-electron chi connectivity index (χ1n) is 6.97. The fourth-order valence-electron chi connectivity index (χ4n) is 2.69. The van der Waals surface area contributed by atoms with E-state index in [2.05, 4.69) is 21.8 Å². The lowest BCUT2D eigenvalue weighted by Gasteiger charge is -2.39. The zero-order valence-corrected chi connectivity index (χ0v) is 12.5. The largest absolute Gasteiger partial charge is 0.440 e. The number of halogens is 1. The molecule has 0 aromatic carbocycles. The molecular formula is C14H17ClN4O2. The van der Waals surface area contributed by atoms with Crippen LogP contribution in [-0.2, 0) is 0 Å². The van der Waals surface area contributed by atoms with Gasteiger partial charge in [0.1, 0.15) is 5.82 Å². The number of imidazole rings is 1. The molecule has 1 N–H and O–H groups in total. The summed E-state index contributed by atoms with van der Waals surface area (Å²) in [5, 5.41) is 0.230. The van der Waals surface area contributed by atoms with Gasteiger partial charge in [0, 0.05) is 32.0 Å². The topological polar surface area (TPSA) is 65.4 Å². The second kappa shape index (κ2) is 5.91. The first-order valence-corrected chi connectivity index (χ1v) is 7.34. The lowest BCUT2D eigenvalue weighted by Crippen LogP contribution is -2.50. The first-order chi connectivity index (χ1) is 10.2. The molecule has 1 aliphatic heterocycles. The van der Waals surface area contributed by atoms with E-state index in [0.29, 0.717) is 13.1 Å². The maximum Gasteiger partial charge on any atom is 0.289 e. The lowest BCUT2D eigenvalue weighted by molar-refractivity contribution is 0.0453. The highest BCUT2D eigenvalue weighted by Crippen LogP contribution is 2.24. The standard InChI is InChI=1S/C14H17ClN4O2/c1-2-18-7-8-19(9-10(18)13-16-5-6-17-13)14(20)11-3-4-12(15)21-11/h3-6,10H,2,7-9H2,1H3,(H,16,17)/t10-/m1/s1. The Morgan fingerprint density at radius 1 is 1.52 bits per heavy atom. The molecule has 0 aliphatic carbocycles. The van der Waals surface area contributed by atoms with E-state index < -0.39 is 0 Å². The summed E-state index contributed by atoms with van der Waals surface area (Å²) in [4.78, 5) is 24.0. The Hall–Kier alpha value is -1.79. The van der Waals surface area contributed by atoms with Gasteiger partial charge in [0.25, 0.3) is 5.91 Å². The van der Waals surface area contributed by atoms with E-state index in [4.69, 9.17) is 16.0 Å². The Morgan fingerprint density at radius 2 is 2.38 bits per heavy atom. The second-order valence-corrected chi connectivity index (χ2v) is 5.35. The molecule has 1 atom stereocenters. The van der Waals surface area contributed by atoms with Crippen LogP contribution in [0.15, 0.2) is 28.9 Å². The van der Waals surface area contributed by atoms with Gasteiger partial charge in [-0.25, -0.2) is 4.98 Å². The highest BCUT2D eigenvalue weighted by atomic mass is 35.5. The van der Waals surface area contributed by atoms with Gasteiger partial charge >= 0.3 is 0 Å².